The van der Waals surface area contributed by atoms with E-state index in [1.807, 2.05) is 0 Å². The average molecular weight is 1370 g/mol. The molecule has 7 atom stereocenters. The molecule has 0 radical (unpaired) electrons. The van der Waals surface area contributed by atoms with E-state index in [-0.39, 0.29) is 25.7 Å². The van der Waals surface area contributed by atoms with Crippen LogP contribution in [-0.2, 0) is 65.4 Å². The third kappa shape index (κ3) is 65.8. The Kier molecular flexibility index (Phi) is 62.2. The van der Waals surface area contributed by atoms with Crippen molar-refractivity contribution >= 4 is 39.5 Å². The predicted octanol–water partition coefficient (Wildman–Crippen LogP) is 21.3. The summed E-state index contributed by atoms with van der Waals surface area (Å²) in [5.41, 5.74) is 0. The first kappa shape index (κ1) is 91.1. The molecule has 3 N–H and O–H groups in total. The minimum Gasteiger partial charge on any atom is -0.462 e. The van der Waals surface area contributed by atoms with Gasteiger partial charge in [0.05, 0.1) is 26.4 Å². The summed E-state index contributed by atoms with van der Waals surface area (Å²) in [6.45, 7) is 14.2. The quantitative estimate of drug-likeness (QED) is 0.0222. The Hall–Kier alpha value is -1.94. The van der Waals surface area contributed by atoms with Crippen LogP contribution in [0.5, 0.6) is 0 Å². The highest BCUT2D eigenvalue weighted by Gasteiger charge is 2.30. The molecule has 0 saturated carbocycles. The van der Waals surface area contributed by atoms with Gasteiger partial charge in [0.1, 0.15) is 19.3 Å². The number of unbranched alkanes of at least 4 members (excludes halogenated alkanes) is 35. The van der Waals surface area contributed by atoms with Gasteiger partial charge in [-0.1, -0.05) is 319 Å². The molecule has 0 aromatic heterocycles. The van der Waals surface area contributed by atoms with E-state index < -0.39 is 97.5 Å². The molecule has 0 aliphatic carbocycles. The highest BCUT2D eigenvalue weighted by atomic mass is 31.2. The van der Waals surface area contributed by atoms with Crippen molar-refractivity contribution in [2.45, 2.75) is 388 Å². The summed E-state index contributed by atoms with van der Waals surface area (Å²) in [6.07, 6.45) is 47.1. The molecule has 0 aromatic rings. The van der Waals surface area contributed by atoms with Crippen LogP contribution in [0.15, 0.2) is 0 Å². The Morgan fingerprint density at radius 2 is 0.516 bits per heavy atom. The molecule has 0 aromatic carbocycles. The molecule has 17 nitrogen and oxygen atoms in total. The van der Waals surface area contributed by atoms with Crippen molar-refractivity contribution in [2.24, 2.45) is 23.7 Å². The van der Waals surface area contributed by atoms with Crippen LogP contribution in [0.3, 0.4) is 0 Å². The zero-order valence-electron chi connectivity index (χ0n) is 60.9. The minimum absolute atomic E-state index is 0.105. The van der Waals surface area contributed by atoms with Gasteiger partial charge in [0, 0.05) is 25.7 Å². The van der Waals surface area contributed by atoms with Crippen molar-refractivity contribution in [3.63, 3.8) is 0 Å². The number of phosphoric ester groups is 2. The van der Waals surface area contributed by atoms with E-state index in [2.05, 4.69) is 55.4 Å². The lowest BCUT2D eigenvalue weighted by atomic mass is 9.99. The third-order valence-corrected chi connectivity index (χ3v) is 19.7. The Labute approximate surface area is 568 Å². The lowest BCUT2D eigenvalue weighted by Crippen LogP contribution is -2.30. The predicted molar refractivity (Wildman–Crippen MR) is 377 cm³/mol. The van der Waals surface area contributed by atoms with Crippen LogP contribution in [0.25, 0.3) is 0 Å². The van der Waals surface area contributed by atoms with E-state index >= 15 is 0 Å². The number of aliphatic hydroxyl groups excluding tert-OH is 1. The maximum absolute atomic E-state index is 13.1. The molecule has 0 amide bonds. The van der Waals surface area contributed by atoms with Crippen LogP contribution in [0.2, 0.25) is 0 Å². The zero-order valence-corrected chi connectivity index (χ0v) is 62.7. The molecule has 5 unspecified atom stereocenters. The lowest BCUT2D eigenvalue weighted by molar-refractivity contribution is -0.161. The van der Waals surface area contributed by atoms with Gasteiger partial charge < -0.3 is 33.8 Å². The minimum atomic E-state index is -4.96. The van der Waals surface area contributed by atoms with Gasteiger partial charge in [0.15, 0.2) is 12.2 Å². The molecule has 0 heterocycles. The number of hydrogen-bond donors (Lipinski definition) is 3. The number of phosphoric acid groups is 2. The average Bonchev–Trinajstić information content (AvgIpc) is 2.93. The van der Waals surface area contributed by atoms with Gasteiger partial charge in [-0.2, -0.15) is 0 Å². The summed E-state index contributed by atoms with van der Waals surface area (Å²) in [5.74, 6) is 0.956. The largest absolute Gasteiger partial charge is 0.472 e. The van der Waals surface area contributed by atoms with E-state index in [9.17, 15) is 43.2 Å². The van der Waals surface area contributed by atoms with Crippen LogP contribution in [-0.4, -0.2) is 96.7 Å². The molecule has 0 spiro atoms. The van der Waals surface area contributed by atoms with Gasteiger partial charge in [-0.05, 0) is 49.4 Å². The molecule has 552 valence electrons. The summed E-state index contributed by atoms with van der Waals surface area (Å²) in [6, 6.07) is 0. The van der Waals surface area contributed by atoms with Crippen molar-refractivity contribution in [2.75, 3.05) is 39.6 Å². The van der Waals surface area contributed by atoms with E-state index in [4.69, 9.17) is 37.0 Å². The fraction of sp³-hybridized carbons (Fsp3) is 0.946. The van der Waals surface area contributed by atoms with Crippen molar-refractivity contribution < 1.29 is 80.2 Å². The van der Waals surface area contributed by atoms with Crippen molar-refractivity contribution in [3.8, 4) is 0 Å². The van der Waals surface area contributed by atoms with Crippen molar-refractivity contribution in [3.05, 3.63) is 0 Å². The summed E-state index contributed by atoms with van der Waals surface area (Å²) in [7, 11) is -9.91. The molecule has 93 heavy (non-hydrogen) atoms. The van der Waals surface area contributed by atoms with Gasteiger partial charge in [0.2, 0.25) is 0 Å². The number of rotatable bonds is 71. The molecule has 0 fully saturated rings. The molecule has 0 rings (SSSR count). The first-order chi connectivity index (χ1) is 44.7. The molecular weight excluding hydrogens is 1220 g/mol. The van der Waals surface area contributed by atoms with E-state index in [0.717, 1.165) is 114 Å². The Morgan fingerprint density at radius 3 is 0.763 bits per heavy atom. The number of ether oxygens (including phenoxy) is 4. The number of esters is 4. The Morgan fingerprint density at radius 1 is 0.301 bits per heavy atom. The molecule has 19 heteroatoms. The highest BCUT2D eigenvalue weighted by Crippen LogP contribution is 2.45. The van der Waals surface area contributed by atoms with Gasteiger partial charge in [-0.15, -0.1) is 0 Å². The van der Waals surface area contributed by atoms with E-state index in [0.29, 0.717) is 31.6 Å². The highest BCUT2D eigenvalue weighted by molar-refractivity contribution is 7.47. The zero-order chi connectivity index (χ0) is 68.9. The standard InChI is InChI=1S/C74H144O17P2/c1-9-66(7)52-44-36-28-20-15-13-11-12-14-16-21-31-40-48-56-73(78)90-69(60-84-71(76)54-46-38-30-24-23-29-37-45-53-67(8)10-2)62-88-92(80,81)86-58-68(75)59-87-93(82,83)89-63-70(61-85-72(77)55-47-39-33-25-27-35-43-51-65(5)6)91-74(79)57-49-41-32-22-18-17-19-26-34-42-50-64(3)4/h64-70,75H,9-63H2,1-8H3,(H,80,81)(H,82,83)/t66?,67?,68?,69-,70-/m1/s1. The summed E-state index contributed by atoms with van der Waals surface area (Å²) in [5, 5.41) is 10.6. The van der Waals surface area contributed by atoms with Gasteiger partial charge in [-0.25, -0.2) is 9.13 Å². The van der Waals surface area contributed by atoms with Crippen LogP contribution >= 0.6 is 15.6 Å². The van der Waals surface area contributed by atoms with Crippen LogP contribution in [0.1, 0.15) is 370 Å². The number of carbonyl (C=O) groups is 4. The van der Waals surface area contributed by atoms with Crippen molar-refractivity contribution in [1.82, 2.24) is 0 Å². The van der Waals surface area contributed by atoms with Crippen LogP contribution in [0, 0.1) is 23.7 Å². The van der Waals surface area contributed by atoms with Gasteiger partial charge >= 0.3 is 39.5 Å². The number of carbonyl (C=O) groups excluding carboxylic acids is 4. The lowest BCUT2D eigenvalue weighted by Gasteiger charge is -2.21. The molecule has 0 aliphatic rings. The topological polar surface area (TPSA) is 237 Å². The first-order valence-corrected chi connectivity index (χ1v) is 41.3. The third-order valence-electron chi connectivity index (χ3n) is 17.8. The summed E-state index contributed by atoms with van der Waals surface area (Å²) in [4.78, 5) is 72.7. The maximum Gasteiger partial charge on any atom is 0.472 e. The summed E-state index contributed by atoms with van der Waals surface area (Å²) >= 11 is 0. The van der Waals surface area contributed by atoms with Gasteiger partial charge in [-0.3, -0.25) is 37.3 Å². The monoisotopic (exact) mass is 1370 g/mol. The fourth-order valence-corrected chi connectivity index (χ4v) is 12.7. The van der Waals surface area contributed by atoms with E-state index in [1.54, 1.807) is 0 Å². The van der Waals surface area contributed by atoms with Crippen LogP contribution < -0.4 is 0 Å². The second kappa shape index (κ2) is 63.5. The number of aliphatic hydroxyl groups is 1. The smallest absolute Gasteiger partial charge is 0.462 e. The molecule has 0 bridgehead atoms. The second-order valence-electron chi connectivity index (χ2n) is 28.1. The van der Waals surface area contributed by atoms with E-state index in [1.165, 1.54) is 167 Å². The molecular formula is C74H144O17P2. The Balaban J connectivity index is 5.25. The van der Waals surface area contributed by atoms with Gasteiger partial charge in [0.25, 0.3) is 0 Å². The summed E-state index contributed by atoms with van der Waals surface area (Å²) < 4.78 is 68.4. The van der Waals surface area contributed by atoms with Crippen molar-refractivity contribution in [1.29, 1.82) is 0 Å². The Bertz CT molecular complexity index is 1840. The SMILES string of the molecule is CCC(C)CCCCCCCCCCCCCCCCC(=O)O[C@H](COC(=O)CCCCCCCCCCC(C)CC)COP(=O)(O)OCC(O)COP(=O)(O)OC[C@@H](COC(=O)CCCCCCCCCC(C)C)OC(=O)CCCCCCCCCCCCC(C)C. The second-order valence-corrected chi connectivity index (χ2v) is 31.0. The first-order valence-electron chi connectivity index (χ1n) is 38.3. The normalized spacial score (nSPS) is 14.8. The van der Waals surface area contributed by atoms with Crippen LogP contribution in [0.4, 0.5) is 0 Å². The number of hydrogen-bond acceptors (Lipinski definition) is 15. The molecule has 0 saturated heterocycles. The maximum atomic E-state index is 13.1. The fourth-order valence-electron chi connectivity index (χ4n) is 11.1. The molecule has 0 aliphatic heterocycles.